The standard InChI is InChI=1S/C11H22O5/c1-5-6-7(12)9(16-11(2,3)4)8(13)10(14)15-6/h6-10,12-14H,5H2,1-4H3/t6-,7-,8-,9+,10?/m1/s1. The van der Waals surface area contributed by atoms with Crippen molar-refractivity contribution in [3.8, 4) is 0 Å². The van der Waals surface area contributed by atoms with Crippen LogP contribution in [0.5, 0.6) is 0 Å². The molecule has 5 nitrogen and oxygen atoms in total. The van der Waals surface area contributed by atoms with Gasteiger partial charge in [-0.3, -0.25) is 0 Å². The van der Waals surface area contributed by atoms with Gasteiger partial charge in [0.25, 0.3) is 0 Å². The van der Waals surface area contributed by atoms with Gasteiger partial charge in [-0.25, -0.2) is 0 Å². The van der Waals surface area contributed by atoms with Crippen molar-refractivity contribution >= 4 is 0 Å². The van der Waals surface area contributed by atoms with E-state index in [0.29, 0.717) is 6.42 Å². The molecular formula is C11H22O5. The van der Waals surface area contributed by atoms with Crippen molar-refractivity contribution in [1.29, 1.82) is 0 Å². The van der Waals surface area contributed by atoms with E-state index in [0.717, 1.165) is 0 Å². The van der Waals surface area contributed by atoms with E-state index in [1.807, 2.05) is 27.7 Å². The van der Waals surface area contributed by atoms with Gasteiger partial charge in [-0.15, -0.1) is 0 Å². The fourth-order valence-corrected chi connectivity index (χ4v) is 1.80. The van der Waals surface area contributed by atoms with Crippen LogP contribution in [-0.2, 0) is 9.47 Å². The number of aliphatic hydroxyl groups excluding tert-OH is 3. The van der Waals surface area contributed by atoms with Crippen LogP contribution in [0.2, 0.25) is 0 Å². The molecule has 1 unspecified atom stereocenters. The molecule has 1 saturated heterocycles. The first-order valence-electron chi connectivity index (χ1n) is 5.63. The van der Waals surface area contributed by atoms with Crippen LogP contribution in [0.1, 0.15) is 34.1 Å². The minimum atomic E-state index is -1.30. The van der Waals surface area contributed by atoms with E-state index in [1.54, 1.807) is 0 Å². The summed E-state index contributed by atoms with van der Waals surface area (Å²) in [5.74, 6) is 0. The van der Waals surface area contributed by atoms with Gasteiger partial charge >= 0.3 is 0 Å². The molecule has 5 heteroatoms. The molecule has 0 aliphatic carbocycles. The molecule has 0 spiro atoms. The molecule has 1 fully saturated rings. The lowest BCUT2D eigenvalue weighted by Gasteiger charge is -2.42. The molecule has 0 amide bonds. The topological polar surface area (TPSA) is 79.2 Å². The number of rotatable bonds is 2. The van der Waals surface area contributed by atoms with Crippen molar-refractivity contribution in [2.45, 2.75) is 70.4 Å². The van der Waals surface area contributed by atoms with Gasteiger partial charge in [0.15, 0.2) is 6.29 Å². The molecule has 0 aromatic heterocycles. The van der Waals surface area contributed by atoms with Crippen molar-refractivity contribution in [3.63, 3.8) is 0 Å². The summed E-state index contributed by atoms with van der Waals surface area (Å²) < 4.78 is 10.6. The fraction of sp³-hybridized carbons (Fsp3) is 1.00. The van der Waals surface area contributed by atoms with Crippen LogP contribution in [0.3, 0.4) is 0 Å². The maximum atomic E-state index is 9.96. The Bertz CT molecular complexity index is 225. The largest absolute Gasteiger partial charge is 0.388 e. The van der Waals surface area contributed by atoms with Gasteiger partial charge in [0, 0.05) is 0 Å². The minimum Gasteiger partial charge on any atom is -0.388 e. The maximum Gasteiger partial charge on any atom is 0.183 e. The Morgan fingerprint density at radius 2 is 1.69 bits per heavy atom. The van der Waals surface area contributed by atoms with Gasteiger partial charge in [0.1, 0.15) is 18.3 Å². The van der Waals surface area contributed by atoms with E-state index in [9.17, 15) is 15.3 Å². The minimum absolute atomic E-state index is 0.498. The van der Waals surface area contributed by atoms with Crippen molar-refractivity contribution in [2.24, 2.45) is 0 Å². The van der Waals surface area contributed by atoms with Crippen LogP contribution < -0.4 is 0 Å². The van der Waals surface area contributed by atoms with Crippen molar-refractivity contribution < 1.29 is 24.8 Å². The van der Waals surface area contributed by atoms with E-state index in [-0.39, 0.29) is 0 Å². The Balaban J connectivity index is 2.77. The van der Waals surface area contributed by atoms with E-state index in [1.165, 1.54) is 0 Å². The Morgan fingerprint density at radius 3 is 2.12 bits per heavy atom. The van der Waals surface area contributed by atoms with Crippen LogP contribution in [0.15, 0.2) is 0 Å². The van der Waals surface area contributed by atoms with Gasteiger partial charge < -0.3 is 24.8 Å². The smallest absolute Gasteiger partial charge is 0.183 e. The lowest BCUT2D eigenvalue weighted by atomic mass is 9.96. The predicted octanol–water partition coefficient (Wildman–Crippen LogP) is 0.0191. The third kappa shape index (κ3) is 3.15. The van der Waals surface area contributed by atoms with E-state index in [2.05, 4.69) is 0 Å². The second-order valence-electron chi connectivity index (χ2n) is 5.15. The highest BCUT2D eigenvalue weighted by Gasteiger charge is 2.45. The van der Waals surface area contributed by atoms with Crippen molar-refractivity contribution in [3.05, 3.63) is 0 Å². The zero-order valence-electron chi connectivity index (χ0n) is 10.3. The Kier molecular flexibility index (Phi) is 4.31. The molecule has 5 atom stereocenters. The number of hydrogen-bond donors (Lipinski definition) is 3. The molecular weight excluding hydrogens is 212 g/mol. The van der Waals surface area contributed by atoms with Crippen LogP contribution in [-0.4, -0.2) is 51.6 Å². The zero-order valence-corrected chi connectivity index (χ0v) is 10.3. The van der Waals surface area contributed by atoms with Gasteiger partial charge in [-0.05, 0) is 27.2 Å². The van der Waals surface area contributed by atoms with Gasteiger partial charge in [0.05, 0.1) is 11.7 Å². The summed E-state index contributed by atoms with van der Waals surface area (Å²) >= 11 is 0. The SMILES string of the molecule is CC[C@H]1OC(O)[C@H](O)[C@@H](OC(C)(C)C)[C@@H]1O. The van der Waals surface area contributed by atoms with Crippen molar-refractivity contribution in [2.75, 3.05) is 0 Å². The summed E-state index contributed by atoms with van der Waals surface area (Å²) in [6.07, 6.45) is -4.24. The Hall–Kier alpha value is -0.200. The molecule has 1 heterocycles. The molecule has 1 aliphatic heterocycles. The lowest BCUT2D eigenvalue weighted by molar-refractivity contribution is -0.302. The van der Waals surface area contributed by atoms with E-state index < -0.39 is 36.3 Å². The first-order chi connectivity index (χ1) is 7.26. The summed E-state index contributed by atoms with van der Waals surface area (Å²) in [7, 11) is 0. The van der Waals surface area contributed by atoms with Gasteiger partial charge in [0.2, 0.25) is 0 Å². The first-order valence-corrected chi connectivity index (χ1v) is 5.63. The second-order valence-corrected chi connectivity index (χ2v) is 5.15. The fourth-order valence-electron chi connectivity index (χ4n) is 1.80. The average molecular weight is 234 g/mol. The third-order valence-electron chi connectivity index (χ3n) is 2.55. The quantitative estimate of drug-likeness (QED) is 0.627. The van der Waals surface area contributed by atoms with Crippen LogP contribution in [0.25, 0.3) is 0 Å². The summed E-state index contributed by atoms with van der Waals surface area (Å²) in [6, 6.07) is 0. The number of aliphatic hydroxyl groups is 3. The summed E-state index contributed by atoms with van der Waals surface area (Å²) in [4.78, 5) is 0. The molecule has 1 rings (SSSR count). The second kappa shape index (κ2) is 4.98. The average Bonchev–Trinajstić information content (AvgIpc) is 2.17. The zero-order chi connectivity index (χ0) is 12.5. The van der Waals surface area contributed by atoms with Gasteiger partial charge in [-0.2, -0.15) is 0 Å². The highest BCUT2D eigenvalue weighted by Crippen LogP contribution is 2.27. The number of ether oxygens (including phenoxy) is 2. The van der Waals surface area contributed by atoms with E-state index >= 15 is 0 Å². The Morgan fingerprint density at radius 1 is 1.12 bits per heavy atom. The van der Waals surface area contributed by atoms with Crippen LogP contribution in [0.4, 0.5) is 0 Å². The first kappa shape index (κ1) is 13.9. The maximum absolute atomic E-state index is 9.96. The highest BCUT2D eigenvalue weighted by molar-refractivity contribution is 4.90. The summed E-state index contributed by atoms with van der Waals surface area (Å²) in [5.41, 5.74) is -0.498. The normalized spacial score (nSPS) is 41.1. The molecule has 16 heavy (non-hydrogen) atoms. The number of hydrogen-bond acceptors (Lipinski definition) is 5. The Labute approximate surface area is 96.0 Å². The van der Waals surface area contributed by atoms with Crippen LogP contribution in [0, 0.1) is 0 Å². The van der Waals surface area contributed by atoms with Crippen molar-refractivity contribution in [1.82, 2.24) is 0 Å². The third-order valence-corrected chi connectivity index (χ3v) is 2.55. The van der Waals surface area contributed by atoms with Gasteiger partial charge in [-0.1, -0.05) is 6.92 Å². The van der Waals surface area contributed by atoms with E-state index in [4.69, 9.17) is 9.47 Å². The molecule has 1 aliphatic rings. The highest BCUT2D eigenvalue weighted by atomic mass is 16.6. The molecule has 0 saturated carbocycles. The summed E-state index contributed by atoms with van der Waals surface area (Å²) in [5, 5.41) is 29.2. The molecule has 0 aromatic rings. The molecule has 0 radical (unpaired) electrons. The molecule has 3 N–H and O–H groups in total. The molecule has 0 aromatic carbocycles. The summed E-state index contributed by atoms with van der Waals surface area (Å²) in [6.45, 7) is 7.33. The van der Waals surface area contributed by atoms with Crippen LogP contribution >= 0.6 is 0 Å². The predicted molar refractivity (Wildman–Crippen MR) is 57.8 cm³/mol. The lowest BCUT2D eigenvalue weighted by Crippen LogP contribution is -2.59. The molecule has 96 valence electrons. The monoisotopic (exact) mass is 234 g/mol. The molecule has 0 bridgehead atoms.